The topological polar surface area (TPSA) is 126 Å². The maximum absolute atomic E-state index is 12.8. The summed E-state index contributed by atoms with van der Waals surface area (Å²) in [7, 11) is -3.32. The minimum atomic E-state index is -3.32. The third-order valence-corrected chi connectivity index (χ3v) is 6.76. The van der Waals surface area contributed by atoms with Gasteiger partial charge < -0.3 is 4.42 Å². The molecule has 0 radical (unpaired) electrons. The van der Waals surface area contributed by atoms with Crippen molar-refractivity contribution in [1.29, 1.82) is 5.26 Å². The summed E-state index contributed by atoms with van der Waals surface area (Å²) in [5, 5.41) is 9.44. The van der Waals surface area contributed by atoms with Gasteiger partial charge >= 0.3 is 11.3 Å². The molecule has 8 nitrogen and oxygen atoms in total. The lowest BCUT2D eigenvalue weighted by atomic mass is 10.0. The van der Waals surface area contributed by atoms with Crippen LogP contribution in [-0.4, -0.2) is 24.2 Å². The molecule has 0 fully saturated rings. The quantitative estimate of drug-likeness (QED) is 0.400. The normalized spacial score (nSPS) is 11.6. The number of sulfone groups is 1. The van der Waals surface area contributed by atoms with Crippen molar-refractivity contribution in [2.75, 3.05) is 6.26 Å². The summed E-state index contributed by atoms with van der Waals surface area (Å²) >= 11 is 0. The van der Waals surface area contributed by atoms with Gasteiger partial charge in [-0.1, -0.05) is 30.3 Å². The number of aromatic amines is 1. The molecule has 0 spiro atoms. The highest BCUT2D eigenvalue weighted by molar-refractivity contribution is 7.90. The SMILES string of the molecule is CS(=O)(=O)c1ccc(-c2ccc3oc(=O)c4[nH]c(=O)n(-c5ccc(CC#N)cc5)c4c3c2)cc1. The van der Waals surface area contributed by atoms with Crippen molar-refractivity contribution in [2.45, 2.75) is 11.3 Å². The number of rotatable bonds is 4. The second-order valence-corrected chi connectivity index (χ2v) is 9.90. The Bertz CT molecular complexity index is 1840. The summed E-state index contributed by atoms with van der Waals surface area (Å²) in [5.74, 6) is 0. The first-order valence-corrected chi connectivity index (χ1v) is 12.1. The van der Waals surface area contributed by atoms with Gasteiger partial charge in [-0.25, -0.2) is 18.0 Å². The van der Waals surface area contributed by atoms with E-state index in [0.29, 0.717) is 22.2 Å². The van der Waals surface area contributed by atoms with Crippen molar-refractivity contribution in [3.8, 4) is 22.9 Å². The molecular weight excluding hydrogens is 454 g/mol. The van der Waals surface area contributed by atoms with E-state index in [4.69, 9.17) is 9.68 Å². The predicted octanol–water partition coefficient (Wildman–Crippen LogP) is 3.56. The van der Waals surface area contributed by atoms with E-state index in [1.54, 1.807) is 54.6 Å². The zero-order chi connectivity index (χ0) is 24.0. The van der Waals surface area contributed by atoms with Crippen molar-refractivity contribution < 1.29 is 12.8 Å². The lowest BCUT2D eigenvalue weighted by Gasteiger charge is -2.08. The first kappa shape index (κ1) is 21.4. The van der Waals surface area contributed by atoms with E-state index in [9.17, 15) is 18.0 Å². The number of imidazole rings is 1. The number of H-pyrrole nitrogens is 1. The molecular formula is C25H17N3O5S. The molecule has 1 N–H and O–H groups in total. The minimum Gasteiger partial charge on any atom is -0.421 e. The molecule has 0 saturated heterocycles. The van der Waals surface area contributed by atoms with Gasteiger partial charge in [0.1, 0.15) is 5.58 Å². The highest BCUT2D eigenvalue weighted by Crippen LogP contribution is 2.29. The first-order chi connectivity index (χ1) is 16.3. The van der Waals surface area contributed by atoms with Crippen LogP contribution in [0.2, 0.25) is 0 Å². The molecule has 168 valence electrons. The van der Waals surface area contributed by atoms with E-state index in [1.165, 1.54) is 16.7 Å². The molecule has 0 amide bonds. The Morgan fingerprint density at radius 1 is 0.971 bits per heavy atom. The fourth-order valence-electron chi connectivity index (χ4n) is 3.97. The van der Waals surface area contributed by atoms with Crippen molar-refractivity contribution in [2.24, 2.45) is 0 Å². The van der Waals surface area contributed by atoms with Crippen LogP contribution in [0.3, 0.4) is 0 Å². The van der Waals surface area contributed by atoms with Crippen LogP contribution >= 0.6 is 0 Å². The smallest absolute Gasteiger partial charge is 0.362 e. The average Bonchev–Trinajstić information content (AvgIpc) is 3.17. The molecule has 0 atom stereocenters. The second kappa shape index (κ2) is 7.86. The number of aromatic nitrogens is 2. The number of nitriles is 1. The zero-order valence-electron chi connectivity index (χ0n) is 17.9. The maximum Gasteiger partial charge on any atom is 0.362 e. The van der Waals surface area contributed by atoms with Crippen LogP contribution in [0.4, 0.5) is 0 Å². The van der Waals surface area contributed by atoms with E-state index in [1.807, 2.05) is 0 Å². The van der Waals surface area contributed by atoms with Crippen LogP contribution in [-0.2, 0) is 16.3 Å². The molecule has 9 heteroatoms. The third kappa shape index (κ3) is 3.60. The average molecular weight is 471 g/mol. The summed E-state index contributed by atoms with van der Waals surface area (Å²) in [6, 6.07) is 20.7. The second-order valence-electron chi connectivity index (χ2n) is 7.89. The molecule has 0 aliphatic heterocycles. The van der Waals surface area contributed by atoms with Gasteiger partial charge in [0.25, 0.3) is 0 Å². The van der Waals surface area contributed by atoms with Gasteiger partial charge in [0.15, 0.2) is 15.4 Å². The summed E-state index contributed by atoms with van der Waals surface area (Å²) in [5.41, 5.74) is 2.43. The lowest BCUT2D eigenvalue weighted by molar-refractivity contribution is 0.568. The molecule has 2 aromatic heterocycles. The van der Waals surface area contributed by atoms with E-state index in [-0.39, 0.29) is 16.8 Å². The standard InChI is InChI=1S/C25H17N3O5S/c1-34(31,32)19-9-4-16(5-10-19)17-6-11-21-20(14-17)23-22(24(29)33-21)27-25(30)28(23)18-7-2-15(3-8-18)12-13-26/h2-11,14H,12H2,1H3,(H,27,30). The van der Waals surface area contributed by atoms with Gasteiger partial charge in [-0.2, -0.15) is 5.26 Å². The molecule has 0 bridgehead atoms. The van der Waals surface area contributed by atoms with Crippen LogP contribution in [0.15, 0.2) is 85.6 Å². The molecule has 0 aliphatic rings. The summed E-state index contributed by atoms with van der Waals surface area (Å²) in [4.78, 5) is 28.2. The Hall–Kier alpha value is -4.42. The molecule has 0 aliphatic carbocycles. The monoisotopic (exact) mass is 471 g/mol. The minimum absolute atomic E-state index is 0.0446. The number of fused-ring (bicyclic) bond motifs is 3. The van der Waals surface area contributed by atoms with Gasteiger partial charge in [0.05, 0.1) is 28.6 Å². The molecule has 3 aromatic carbocycles. The van der Waals surface area contributed by atoms with Crippen LogP contribution in [0.5, 0.6) is 0 Å². The fraction of sp³-hybridized carbons (Fsp3) is 0.0800. The van der Waals surface area contributed by atoms with Crippen LogP contribution in [0.25, 0.3) is 38.8 Å². The molecule has 5 rings (SSSR count). The van der Waals surface area contributed by atoms with E-state index < -0.39 is 21.2 Å². The van der Waals surface area contributed by atoms with Crippen LogP contribution < -0.4 is 11.3 Å². The number of nitrogens with zero attached hydrogens (tertiary/aromatic N) is 2. The van der Waals surface area contributed by atoms with Crippen LogP contribution in [0, 0.1) is 11.3 Å². The predicted molar refractivity (Wildman–Crippen MR) is 128 cm³/mol. The Labute approximate surface area is 193 Å². The molecule has 2 heterocycles. The summed E-state index contributed by atoms with van der Waals surface area (Å²) in [6.45, 7) is 0. The maximum atomic E-state index is 12.8. The highest BCUT2D eigenvalue weighted by Gasteiger charge is 2.18. The molecule has 34 heavy (non-hydrogen) atoms. The third-order valence-electron chi connectivity index (χ3n) is 5.63. The zero-order valence-corrected chi connectivity index (χ0v) is 18.7. The van der Waals surface area contributed by atoms with Gasteiger partial charge in [-0.05, 0) is 53.1 Å². The van der Waals surface area contributed by atoms with Crippen molar-refractivity contribution >= 4 is 31.8 Å². The largest absolute Gasteiger partial charge is 0.421 e. The van der Waals surface area contributed by atoms with Gasteiger partial charge in [0.2, 0.25) is 0 Å². The van der Waals surface area contributed by atoms with E-state index in [2.05, 4.69) is 11.1 Å². The Morgan fingerprint density at radius 2 is 1.65 bits per heavy atom. The summed E-state index contributed by atoms with van der Waals surface area (Å²) < 4.78 is 30.4. The number of hydrogen-bond acceptors (Lipinski definition) is 6. The molecule has 0 saturated carbocycles. The number of nitrogens with one attached hydrogen (secondary N) is 1. The van der Waals surface area contributed by atoms with E-state index >= 15 is 0 Å². The molecule has 0 unspecified atom stereocenters. The van der Waals surface area contributed by atoms with Gasteiger partial charge in [-0.3, -0.25) is 9.55 Å². The Kier molecular flexibility index (Phi) is 4.96. The fourth-order valence-corrected chi connectivity index (χ4v) is 4.60. The molecule has 5 aromatic rings. The van der Waals surface area contributed by atoms with Crippen LogP contribution in [0.1, 0.15) is 5.56 Å². The first-order valence-electron chi connectivity index (χ1n) is 10.2. The highest BCUT2D eigenvalue weighted by atomic mass is 32.2. The van der Waals surface area contributed by atoms with Crippen molar-refractivity contribution in [1.82, 2.24) is 9.55 Å². The Balaban J connectivity index is 1.75. The Morgan fingerprint density at radius 3 is 2.29 bits per heavy atom. The lowest BCUT2D eigenvalue weighted by Crippen LogP contribution is -2.14. The van der Waals surface area contributed by atoms with Crippen molar-refractivity contribution in [3.63, 3.8) is 0 Å². The number of hydrogen-bond donors (Lipinski definition) is 1. The van der Waals surface area contributed by atoms with Gasteiger partial charge in [-0.15, -0.1) is 0 Å². The number of benzene rings is 3. The van der Waals surface area contributed by atoms with Gasteiger partial charge in [0, 0.05) is 11.6 Å². The summed E-state index contributed by atoms with van der Waals surface area (Å²) in [6.07, 6.45) is 1.39. The van der Waals surface area contributed by atoms with Crippen molar-refractivity contribution in [3.05, 3.63) is 93.2 Å². The van der Waals surface area contributed by atoms with E-state index in [0.717, 1.165) is 22.9 Å².